The van der Waals surface area contributed by atoms with Crippen molar-refractivity contribution in [3.05, 3.63) is 57.1 Å². The van der Waals surface area contributed by atoms with E-state index >= 15 is 0 Å². The van der Waals surface area contributed by atoms with Crippen LogP contribution in [0.15, 0.2) is 41.1 Å². The first-order chi connectivity index (χ1) is 9.29. The van der Waals surface area contributed by atoms with Gasteiger partial charge in [0.2, 0.25) is 0 Å². The Kier molecular flexibility index (Phi) is 3.49. The van der Waals surface area contributed by atoms with Crippen LogP contribution in [0.2, 0.25) is 0 Å². The maximum atomic E-state index is 12.4. The third-order valence-corrected chi connectivity index (χ3v) is 5.30. The van der Waals surface area contributed by atoms with Gasteiger partial charge in [-0.25, -0.2) is 0 Å². The molecule has 0 fully saturated rings. The fourth-order valence-electron chi connectivity index (χ4n) is 2.28. The summed E-state index contributed by atoms with van der Waals surface area (Å²) >= 11 is 3.28. The van der Waals surface area contributed by atoms with Crippen molar-refractivity contribution in [3.63, 3.8) is 0 Å². The number of aryl methyl sites for hydroxylation is 1. The van der Waals surface area contributed by atoms with Gasteiger partial charge < -0.3 is 0 Å². The lowest BCUT2D eigenvalue weighted by atomic mass is 10.0. The summed E-state index contributed by atoms with van der Waals surface area (Å²) < 4.78 is 1.26. The second-order valence-corrected chi connectivity index (χ2v) is 6.31. The van der Waals surface area contributed by atoms with Crippen molar-refractivity contribution >= 4 is 38.5 Å². The molecule has 3 rings (SSSR count). The molecule has 0 bridgehead atoms. The first-order valence-electron chi connectivity index (χ1n) is 6.34. The summed E-state index contributed by atoms with van der Waals surface area (Å²) in [6.45, 7) is 2.10. The van der Waals surface area contributed by atoms with Gasteiger partial charge in [-0.3, -0.25) is 4.79 Å². The zero-order chi connectivity index (χ0) is 13.2. The van der Waals surface area contributed by atoms with Gasteiger partial charge >= 0.3 is 0 Å². The van der Waals surface area contributed by atoms with Crippen molar-refractivity contribution in [1.82, 2.24) is 0 Å². The van der Waals surface area contributed by atoms with Gasteiger partial charge in [-0.2, -0.15) is 0 Å². The third kappa shape index (κ3) is 2.36. The van der Waals surface area contributed by atoms with E-state index in [0.717, 1.165) is 16.9 Å². The minimum atomic E-state index is 0.246. The highest BCUT2D eigenvalue weighted by Crippen LogP contribution is 2.28. The van der Waals surface area contributed by atoms with E-state index in [2.05, 4.69) is 30.5 Å². The number of ketones is 1. The fraction of sp³-hybridized carbons (Fsp3) is 0.188. The molecule has 0 unspecified atom stereocenters. The quantitative estimate of drug-likeness (QED) is 0.620. The lowest BCUT2D eigenvalue weighted by Crippen LogP contribution is -2.03. The number of rotatable bonds is 4. The van der Waals surface area contributed by atoms with Gasteiger partial charge in [0.05, 0.1) is 4.88 Å². The molecular formula is C16H14OS2. The van der Waals surface area contributed by atoms with Gasteiger partial charge in [0.15, 0.2) is 5.78 Å². The molecule has 0 aliphatic carbocycles. The number of thiophene rings is 2. The van der Waals surface area contributed by atoms with Crippen molar-refractivity contribution in [1.29, 1.82) is 0 Å². The Labute approximate surface area is 120 Å². The van der Waals surface area contributed by atoms with Crippen LogP contribution in [0.25, 0.3) is 10.1 Å². The molecule has 3 heteroatoms. The molecule has 1 aromatic carbocycles. The Bertz CT molecular complexity index is 721. The minimum Gasteiger partial charge on any atom is -0.293 e. The highest BCUT2D eigenvalue weighted by atomic mass is 32.1. The van der Waals surface area contributed by atoms with E-state index in [9.17, 15) is 4.79 Å². The normalized spacial score (nSPS) is 11.0. The Hall–Kier alpha value is -1.45. The molecule has 0 radical (unpaired) electrons. The summed E-state index contributed by atoms with van der Waals surface area (Å²) in [5.41, 5.74) is 2.33. The highest BCUT2D eigenvalue weighted by Gasteiger charge is 2.14. The number of carbonyl (C=O) groups excluding carboxylic acids is 1. The molecule has 0 saturated heterocycles. The van der Waals surface area contributed by atoms with E-state index in [1.54, 1.807) is 22.7 Å². The molecule has 0 aliphatic rings. The highest BCUT2D eigenvalue weighted by molar-refractivity contribution is 7.17. The summed E-state index contributed by atoms with van der Waals surface area (Å²) in [6.07, 6.45) is 1.44. The van der Waals surface area contributed by atoms with Gasteiger partial charge in [-0.1, -0.05) is 25.1 Å². The lowest BCUT2D eigenvalue weighted by molar-refractivity contribution is 0.0996. The number of hydrogen-bond acceptors (Lipinski definition) is 3. The van der Waals surface area contributed by atoms with Crippen LogP contribution >= 0.6 is 22.7 Å². The topological polar surface area (TPSA) is 17.1 Å². The Morgan fingerprint density at radius 3 is 2.79 bits per heavy atom. The third-order valence-electron chi connectivity index (χ3n) is 3.29. The van der Waals surface area contributed by atoms with Crippen molar-refractivity contribution < 1.29 is 4.79 Å². The van der Waals surface area contributed by atoms with Crippen LogP contribution in [0.1, 0.15) is 27.7 Å². The monoisotopic (exact) mass is 286 g/mol. The number of Topliss-reactive ketones (excluding diaryl/α,β-unsaturated/α-hetero) is 1. The zero-order valence-electron chi connectivity index (χ0n) is 10.7. The van der Waals surface area contributed by atoms with Crippen molar-refractivity contribution in [3.8, 4) is 0 Å². The number of benzene rings is 1. The van der Waals surface area contributed by atoms with Crippen molar-refractivity contribution in [2.75, 3.05) is 0 Å². The van der Waals surface area contributed by atoms with E-state index < -0.39 is 0 Å². The Morgan fingerprint density at radius 2 is 1.95 bits per heavy atom. The summed E-state index contributed by atoms with van der Waals surface area (Å²) in [7, 11) is 0. The van der Waals surface area contributed by atoms with Gasteiger partial charge in [0.25, 0.3) is 0 Å². The Balaban J connectivity index is 1.91. The second-order valence-electron chi connectivity index (χ2n) is 4.49. The van der Waals surface area contributed by atoms with Crippen LogP contribution < -0.4 is 0 Å². The largest absolute Gasteiger partial charge is 0.293 e. The SMILES string of the molecule is CCc1ccsc1C(=O)Cc1csc2ccccc12. The molecule has 19 heavy (non-hydrogen) atoms. The first-order valence-corrected chi connectivity index (χ1v) is 8.10. The van der Waals surface area contributed by atoms with Crippen LogP contribution in [-0.4, -0.2) is 5.78 Å². The minimum absolute atomic E-state index is 0.246. The van der Waals surface area contributed by atoms with Crippen LogP contribution in [0.3, 0.4) is 0 Å². The molecule has 2 aromatic heterocycles. The van der Waals surface area contributed by atoms with Crippen LogP contribution in [0.4, 0.5) is 0 Å². The molecule has 0 aliphatic heterocycles. The molecule has 96 valence electrons. The average Bonchev–Trinajstić information content (AvgIpc) is 3.05. The van der Waals surface area contributed by atoms with Gasteiger partial charge in [0.1, 0.15) is 0 Å². The van der Waals surface area contributed by atoms with E-state index in [1.165, 1.54) is 15.6 Å². The molecule has 0 amide bonds. The van der Waals surface area contributed by atoms with E-state index in [-0.39, 0.29) is 5.78 Å². The molecule has 0 saturated carbocycles. The number of carbonyl (C=O) groups is 1. The average molecular weight is 286 g/mol. The predicted molar refractivity (Wildman–Crippen MR) is 83.6 cm³/mol. The molecule has 0 atom stereocenters. The van der Waals surface area contributed by atoms with Gasteiger partial charge in [0, 0.05) is 11.1 Å². The molecule has 1 nitrogen and oxygen atoms in total. The van der Waals surface area contributed by atoms with Gasteiger partial charge in [-0.05, 0) is 45.8 Å². The predicted octanol–water partition coefficient (Wildman–Crippen LogP) is 4.95. The van der Waals surface area contributed by atoms with E-state index in [0.29, 0.717) is 6.42 Å². The van der Waals surface area contributed by atoms with Crippen LogP contribution in [-0.2, 0) is 12.8 Å². The van der Waals surface area contributed by atoms with E-state index in [1.807, 2.05) is 17.5 Å². The maximum absolute atomic E-state index is 12.4. The summed E-state index contributed by atoms with van der Waals surface area (Å²) in [5, 5.41) is 5.34. The molecule has 0 spiro atoms. The van der Waals surface area contributed by atoms with Crippen LogP contribution in [0, 0.1) is 0 Å². The Morgan fingerprint density at radius 1 is 1.11 bits per heavy atom. The molecule has 3 aromatic rings. The summed E-state index contributed by atoms with van der Waals surface area (Å²) in [6, 6.07) is 10.3. The lowest BCUT2D eigenvalue weighted by Gasteiger charge is -2.01. The zero-order valence-corrected chi connectivity index (χ0v) is 12.3. The van der Waals surface area contributed by atoms with E-state index in [4.69, 9.17) is 0 Å². The van der Waals surface area contributed by atoms with Crippen molar-refractivity contribution in [2.45, 2.75) is 19.8 Å². The second kappa shape index (κ2) is 5.27. The molecule has 0 N–H and O–H groups in total. The van der Waals surface area contributed by atoms with Crippen molar-refractivity contribution in [2.24, 2.45) is 0 Å². The summed E-state index contributed by atoms with van der Waals surface area (Å²) in [4.78, 5) is 13.3. The smallest absolute Gasteiger partial charge is 0.177 e. The number of fused-ring (bicyclic) bond motifs is 1. The van der Waals surface area contributed by atoms with Gasteiger partial charge in [-0.15, -0.1) is 22.7 Å². The van der Waals surface area contributed by atoms with Crippen LogP contribution in [0.5, 0.6) is 0 Å². The summed E-state index contributed by atoms with van der Waals surface area (Å²) in [5.74, 6) is 0.246. The molecule has 2 heterocycles. The fourth-order valence-corrected chi connectivity index (χ4v) is 4.18. The number of hydrogen-bond donors (Lipinski definition) is 0. The first kappa shape index (κ1) is 12.6. The molecular weight excluding hydrogens is 272 g/mol. The standard InChI is InChI=1S/C16H14OS2/c1-2-11-7-8-18-16(11)14(17)9-12-10-19-15-6-4-3-5-13(12)15/h3-8,10H,2,9H2,1H3. The maximum Gasteiger partial charge on any atom is 0.177 e.